The first-order valence-electron chi connectivity index (χ1n) is 4.58. The van der Waals surface area contributed by atoms with E-state index in [4.69, 9.17) is 0 Å². The maximum Gasteiger partial charge on any atom is 0.143 e. The maximum atomic E-state index is 12.6. The van der Waals surface area contributed by atoms with E-state index in [0.717, 1.165) is 10.0 Å². The number of rotatable bonds is 3. The molecule has 1 aromatic rings. The van der Waals surface area contributed by atoms with Crippen LogP contribution in [-0.4, -0.2) is 12.0 Å². The molecule has 0 saturated heterocycles. The molecule has 2 atom stereocenters. The molecule has 0 radical (unpaired) electrons. The number of carbonyl (C=O) groups excluding carboxylic acids is 1. The molecule has 0 amide bonds. The Bertz CT molecular complexity index is 347. The lowest BCUT2D eigenvalue weighted by molar-refractivity contribution is -0.119. The van der Waals surface area contributed by atoms with Crippen molar-refractivity contribution in [1.82, 2.24) is 0 Å². The third kappa shape index (κ3) is 2.21. The topological polar surface area (TPSA) is 17.1 Å². The molecule has 0 spiro atoms. The van der Waals surface area contributed by atoms with Gasteiger partial charge in [-0.3, -0.25) is 4.79 Å². The standard InChI is InChI=1S/C11H10BrFO/c12-8-3-1-7(2-4-8)5-11(14)9-6-10(9)13/h1-4,9-10H,5-6H2/t9-,10+/m1/s1. The van der Waals surface area contributed by atoms with Gasteiger partial charge in [0.05, 0.1) is 5.92 Å². The van der Waals surface area contributed by atoms with Crippen LogP contribution in [0.25, 0.3) is 0 Å². The van der Waals surface area contributed by atoms with Crippen molar-refractivity contribution in [2.75, 3.05) is 0 Å². The van der Waals surface area contributed by atoms with E-state index >= 15 is 0 Å². The number of alkyl halides is 1. The van der Waals surface area contributed by atoms with Crippen LogP contribution < -0.4 is 0 Å². The molecule has 0 aromatic heterocycles. The van der Waals surface area contributed by atoms with Crippen molar-refractivity contribution >= 4 is 21.7 Å². The SMILES string of the molecule is O=C(Cc1ccc(Br)cc1)[C@@H]1C[C@@H]1F. The van der Waals surface area contributed by atoms with Gasteiger partial charge in [-0.1, -0.05) is 28.1 Å². The normalized spacial score (nSPS) is 24.7. The first kappa shape index (κ1) is 9.84. The average Bonchev–Trinajstić information content (AvgIpc) is 2.87. The first-order valence-corrected chi connectivity index (χ1v) is 5.37. The number of benzene rings is 1. The highest BCUT2D eigenvalue weighted by atomic mass is 79.9. The van der Waals surface area contributed by atoms with Crippen molar-refractivity contribution < 1.29 is 9.18 Å². The van der Waals surface area contributed by atoms with Crippen LogP contribution in [0.2, 0.25) is 0 Å². The fourth-order valence-electron chi connectivity index (χ4n) is 1.43. The van der Waals surface area contributed by atoms with Crippen molar-refractivity contribution in [3.8, 4) is 0 Å². The monoisotopic (exact) mass is 256 g/mol. The highest BCUT2D eigenvalue weighted by Gasteiger charge is 2.42. The van der Waals surface area contributed by atoms with Crippen LogP contribution in [0, 0.1) is 5.92 Å². The third-order valence-corrected chi connectivity index (χ3v) is 2.95. The summed E-state index contributed by atoms with van der Waals surface area (Å²) in [5.74, 6) is -0.293. The minimum absolute atomic E-state index is 0.0276. The number of hydrogen-bond donors (Lipinski definition) is 0. The number of halogens is 2. The largest absolute Gasteiger partial charge is 0.299 e. The van der Waals surface area contributed by atoms with Crippen LogP contribution in [0.3, 0.4) is 0 Å². The molecule has 1 aliphatic carbocycles. The first-order chi connectivity index (χ1) is 6.66. The summed E-state index contributed by atoms with van der Waals surface area (Å²) in [5, 5.41) is 0. The molecular formula is C11H10BrFO. The van der Waals surface area contributed by atoms with E-state index in [1.165, 1.54) is 0 Å². The summed E-state index contributed by atoms with van der Waals surface area (Å²) in [6.45, 7) is 0. The number of carbonyl (C=O) groups is 1. The second kappa shape index (κ2) is 3.81. The summed E-state index contributed by atoms with van der Waals surface area (Å²) in [5.41, 5.74) is 0.956. The van der Waals surface area contributed by atoms with E-state index in [-0.39, 0.29) is 11.7 Å². The Hall–Kier alpha value is -0.700. The molecule has 1 aliphatic rings. The smallest absolute Gasteiger partial charge is 0.143 e. The highest BCUT2D eigenvalue weighted by molar-refractivity contribution is 9.10. The summed E-state index contributed by atoms with van der Waals surface area (Å²) in [7, 11) is 0. The zero-order chi connectivity index (χ0) is 10.1. The lowest BCUT2D eigenvalue weighted by Gasteiger charge is -1.99. The van der Waals surface area contributed by atoms with Gasteiger partial charge in [0.2, 0.25) is 0 Å². The van der Waals surface area contributed by atoms with Gasteiger partial charge in [0.1, 0.15) is 12.0 Å². The van der Waals surface area contributed by atoms with Gasteiger partial charge in [-0.2, -0.15) is 0 Å². The second-order valence-electron chi connectivity index (χ2n) is 3.63. The van der Waals surface area contributed by atoms with Gasteiger partial charge in [-0.05, 0) is 24.1 Å². The van der Waals surface area contributed by atoms with Gasteiger partial charge in [0.25, 0.3) is 0 Å². The van der Waals surface area contributed by atoms with Gasteiger partial charge in [-0.25, -0.2) is 4.39 Å². The van der Waals surface area contributed by atoms with E-state index in [2.05, 4.69) is 15.9 Å². The van der Waals surface area contributed by atoms with Crippen molar-refractivity contribution in [2.24, 2.45) is 5.92 Å². The highest BCUT2D eigenvalue weighted by Crippen LogP contribution is 2.35. The molecule has 14 heavy (non-hydrogen) atoms. The van der Waals surface area contributed by atoms with E-state index in [0.29, 0.717) is 12.8 Å². The van der Waals surface area contributed by atoms with Gasteiger partial charge in [0.15, 0.2) is 0 Å². The predicted octanol–water partition coefficient (Wildman–Crippen LogP) is 2.92. The Morgan fingerprint density at radius 1 is 1.43 bits per heavy atom. The van der Waals surface area contributed by atoms with Gasteiger partial charge in [0, 0.05) is 10.9 Å². The molecule has 1 saturated carbocycles. The van der Waals surface area contributed by atoms with Crippen LogP contribution in [0.4, 0.5) is 4.39 Å². The van der Waals surface area contributed by atoms with Crippen molar-refractivity contribution in [3.05, 3.63) is 34.3 Å². The minimum Gasteiger partial charge on any atom is -0.299 e. The Kier molecular flexibility index (Phi) is 2.68. The molecule has 1 fully saturated rings. The summed E-state index contributed by atoms with van der Waals surface area (Å²) in [6, 6.07) is 7.56. The van der Waals surface area contributed by atoms with Crippen molar-refractivity contribution in [1.29, 1.82) is 0 Å². The summed E-state index contributed by atoms with van der Waals surface area (Å²) >= 11 is 3.32. The van der Waals surface area contributed by atoms with Crippen molar-refractivity contribution in [2.45, 2.75) is 19.0 Å². The van der Waals surface area contributed by atoms with Crippen LogP contribution in [0.1, 0.15) is 12.0 Å². The molecule has 74 valence electrons. The van der Waals surface area contributed by atoms with Crippen LogP contribution in [-0.2, 0) is 11.2 Å². The molecule has 2 rings (SSSR count). The van der Waals surface area contributed by atoms with E-state index < -0.39 is 6.17 Å². The van der Waals surface area contributed by atoms with Crippen LogP contribution in [0.15, 0.2) is 28.7 Å². The van der Waals surface area contributed by atoms with Crippen LogP contribution >= 0.6 is 15.9 Å². The summed E-state index contributed by atoms with van der Waals surface area (Å²) in [4.78, 5) is 11.4. The van der Waals surface area contributed by atoms with Gasteiger partial charge < -0.3 is 0 Å². The fraction of sp³-hybridized carbons (Fsp3) is 0.364. The zero-order valence-corrected chi connectivity index (χ0v) is 9.13. The number of ketones is 1. The molecule has 0 heterocycles. The minimum atomic E-state index is -0.877. The summed E-state index contributed by atoms with van der Waals surface area (Å²) in [6.07, 6.45) is -0.0915. The molecule has 1 nitrogen and oxygen atoms in total. The second-order valence-corrected chi connectivity index (χ2v) is 4.54. The lowest BCUT2D eigenvalue weighted by atomic mass is 10.1. The molecular weight excluding hydrogens is 247 g/mol. The lowest BCUT2D eigenvalue weighted by Crippen LogP contribution is -2.06. The Labute approximate surface area is 90.4 Å². The maximum absolute atomic E-state index is 12.6. The molecule has 0 bridgehead atoms. The van der Waals surface area contributed by atoms with Gasteiger partial charge >= 0.3 is 0 Å². The third-order valence-electron chi connectivity index (χ3n) is 2.42. The number of hydrogen-bond acceptors (Lipinski definition) is 1. The van der Waals surface area contributed by atoms with Crippen LogP contribution in [0.5, 0.6) is 0 Å². The molecule has 0 N–H and O–H groups in total. The quantitative estimate of drug-likeness (QED) is 0.813. The molecule has 0 unspecified atom stereocenters. The Morgan fingerprint density at radius 2 is 2.00 bits per heavy atom. The van der Waals surface area contributed by atoms with E-state index in [9.17, 15) is 9.18 Å². The van der Waals surface area contributed by atoms with E-state index in [1.807, 2.05) is 24.3 Å². The fourth-order valence-corrected chi connectivity index (χ4v) is 1.70. The zero-order valence-electron chi connectivity index (χ0n) is 7.54. The van der Waals surface area contributed by atoms with Crippen molar-refractivity contribution in [3.63, 3.8) is 0 Å². The Balaban J connectivity index is 1.97. The Morgan fingerprint density at radius 3 is 2.50 bits per heavy atom. The molecule has 1 aromatic carbocycles. The average molecular weight is 257 g/mol. The van der Waals surface area contributed by atoms with E-state index in [1.54, 1.807) is 0 Å². The predicted molar refractivity (Wildman–Crippen MR) is 55.9 cm³/mol. The molecule has 3 heteroatoms. The summed E-state index contributed by atoms with van der Waals surface area (Å²) < 4.78 is 13.6. The molecule has 0 aliphatic heterocycles. The van der Waals surface area contributed by atoms with Gasteiger partial charge in [-0.15, -0.1) is 0 Å². The number of Topliss-reactive ketones (excluding diaryl/α,β-unsaturated/α-hetero) is 1.